The molecule has 1 aliphatic heterocycles. The van der Waals surface area contributed by atoms with Crippen LogP contribution in [0.1, 0.15) is 18.2 Å². The first-order valence-corrected chi connectivity index (χ1v) is 6.47. The van der Waals surface area contributed by atoms with Crippen molar-refractivity contribution in [3.63, 3.8) is 0 Å². The molecule has 0 aliphatic carbocycles. The van der Waals surface area contributed by atoms with Gasteiger partial charge in [0.1, 0.15) is 6.33 Å². The normalized spacial score (nSPS) is 21.9. The maximum atomic E-state index is 4.53. The van der Waals surface area contributed by atoms with E-state index in [1.807, 2.05) is 12.1 Å². The van der Waals surface area contributed by atoms with E-state index in [0.717, 1.165) is 30.8 Å². The molecule has 1 N–H and O–H groups in total. The Kier molecular flexibility index (Phi) is 3.21. The Balaban J connectivity index is 2.07. The van der Waals surface area contributed by atoms with Crippen LogP contribution in [0.2, 0.25) is 0 Å². The van der Waals surface area contributed by atoms with E-state index in [4.69, 9.17) is 0 Å². The zero-order valence-corrected chi connectivity index (χ0v) is 10.6. The highest BCUT2D eigenvalue weighted by Gasteiger charge is 2.22. The number of benzene rings is 1. The molecular formula is C14H18N4. The lowest BCUT2D eigenvalue weighted by Gasteiger charge is -2.25. The van der Waals surface area contributed by atoms with Gasteiger partial charge in [0, 0.05) is 11.9 Å². The number of rotatable bonds is 1. The van der Waals surface area contributed by atoms with Gasteiger partial charge in [0.25, 0.3) is 0 Å². The number of aromatic nitrogens is 2. The Labute approximate surface area is 107 Å². The lowest BCUT2D eigenvalue weighted by Crippen LogP contribution is -2.30. The molecule has 1 atom stereocenters. The third-order valence-electron chi connectivity index (χ3n) is 3.62. The molecule has 4 heteroatoms. The summed E-state index contributed by atoms with van der Waals surface area (Å²) in [7, 11) is 2.18. The molecule has 3 rings (SSSR count). The topological polar surface area (TPSA) is 41.0 Å². The summed E-state index contributed by atoms with van der Waals surface area (Å²) in [5, 5.41) is 4.66. The predicted octanol–water partition coefficient (Wildman–Crippen LogP) is 1.60. The Hall–Kier alpha value is -1.52. The summed E-state index contributed by atoms with van der Waals surface area (Å²) in [6, 6.07) is 8.57. The third-order valence-corrected chi connectivity index (χ3v) is 3.62. The maximum absolute atomic E-state index is 4.53. The summed E-state index contributed by atoms with van der Waals surface area (Å²) in [4.78, 5) is 11.2. The molecule has 1 unspecified atom stereocenters. The molecule has 0 saturated carbocycles. The molecule has 0 bridgehead atoms. The molecule has 2 aromatic rings. The van der Waals surface area contributed by atoms with Crippen LogP contribution in [0.5, 0.6) is 0 Å². The second-order valence-corrected chi connectivity index (χ2v) is 4.83. The smallest absolute Gasteiger partial charge is 0.116 e. The van der Waals surface area contributed by atoms with E-state index in [1.54, 1.807) is 6.33 Å². The highest BCUT2D eigenvalue weighted by atomic mass is 15.2. The molecule has 2 heterocycles. The average Bonchev–Trinajstić information content (AvgIpc) is 2.63. The molecule has 0 radical (unpaired) electrons. The highest BCUT2D eigenvalue weighted by molar-refractivity contribution is 5.80. The zero-order valence-electron chi connectivity index (χ0n) is 10.6. The number of hydrogen-bond donors (Lipinski definition) is 1. The summed E-state index contributed by atoms with van der Waals surface area (Å²) >= 11 is 0. The largest absolute Gasteiger partial charge is 0.315 e. The fourth-order valence-corrected chi connectivity index (χ4v) is 2.60. The average molecular weight is 242 g/mol. The van der Waals surface area contributed by atoms with Crippen molar-refractivity contribution < 1.29 is 0 Å². The lowest BCUT2D eigenvalue weighted by atomic mass is 10.1. The first-order chi connectivity index (χ1) is 8.86. The number of nitrogens with one attached hydrogen (secondary N) is 1. The van der Waals surface area contributed by atoms with Crippen LogP contribution in [0.15, 0.2) is 30.6 Å². The second-order valence-electron chi connectivity index (χ2n) is 4.83. The Morgan fingerprint density at radius 1 is 1.28 bits per heavy atom. The van der Waals surface area contributed by atoms with E-state index in [0.29, 0.717) is 6.04 Å². The van der Waals surface area contributed by atoms with Gasteiger partial charge < -0.3 is 5.32 Å². The standard InChI is InChI=1S/C14H18N4/c1-18-8-4-7-15-9-13(18)14-11-5-2-3-6-12(11)16-10-17-14/h2-3,5-6,10,13,15H,4,7-9H2,1H3. The first kappa shape index (κ1) is 11.6. The van der Waals surface area contributed by atoms with Crippen molar-refractivity contribution in [1.29, 1.82) is 0 Å². The van der Waals surface area contributed by atoms with Crippen molar-refractivity contribution in [2.45, 2.75) is 12.5 Å². The minimum Gasteiger partial charge on any atom is -0.315 e. The fourth-order valence-electron chi connectivity index (χ4n) is 2.60. The van der Waals surface area contributed by atoms with E-state index < -0.39 is 0 Å². The van der Waals surface area contributed by atoms with Gasteiger partial charge in [-0.3, -0.25) is 4.90 Å². The van der Waals surface area contributed by atoms with Crippen LogP contribution in [0, 0.1) is 0 Å². The van der Waals surface area contributed by atoms with Crippen molar-refractivity contribution in [1.82, 2.24) is 20.2 Å². The van der Waals surface area contributed by atoms with E-state index in [1.165, 1.54) is 11.8 Å². The van der Waals surface area contributed by atoms with Crippen LogP contribution in [-0.2, 0) is 0 Å². The molecule has 94 valence electrons. The lowest BCUT2D eigenvalue weighted by molar-refractivity contribution is 0.258. The van der Waals surface area contributed by atoms with Gasteiger partial charge in [-0.15, -0.1) is 0 Å². The number of hydrogen-bond acceptors (Lipinski definition) is 4. The Morgan fingerprint density at radius 2 is 2.17 bits per heavy atom. The quantitative estimate of drug-likeness (QED) is 0.824. The fraction of sp³-hybridized carbons (Fsp3) is 0.429. The van der Waals surface area contributed by atoms with Crippen LogP contribution in [0.25, 0.3) is 10.9 Å². The molecule has 4 nitrogen and oxygen atoms in total. The van der Waals surface area contributed by atoms with Crippen LogP contribution in [0.4, 0.5) is 0 Å². The van der Waals surface area contributed by atoms with E-state index >= 15 is 0 Å². The molecule has 0 amide bonds. The molecule has 1 saturated heterocycles. The number of likely N-dealkylation sites (N-methyl/N-ethyl adjacent to an activating group) is 1. The van der Waals surface area contributed by atoms with Crippen molar-refractivity contribution in [3.05, 3.63) is 36.3 Å². The second kappa shape index (κ2) is 5.00. The van der Waals surface area contributed by atoms with Crippen molar-refractivity contribution >= 4 is 10.9 Å². The molecule has 1 aliphatic rings. The Bertz CT molecular complexity index is 535. The van der Waals surface area contributed by atoms with Gasteiger partial charge in [-0.05, 0) is 32.6 Å². The van der Waals surface area contributed by atoms with Crippen molar-refractivity contribution in [2.75, 3.05) is 26.7 Å². The Morgan fingerprint density at radius 3 is 3.11 bits per heavy atom. The van der Waals surface area contributed by atoms with Crippen molar-refractivity contribution in [2.24, 2.45) is 0 Å². The van der Waals surface area contributed by atoms with Crippen LogP contribution >= 0.6 is 0 Å². The molecule has 1 aromatic heterocycles. The summed E-state index contributed by atoms with van der Waals surface area (Å²) < 4.78 is 0. The summed E-state index contributed by atoms with van der Waals surface area (Å²) in [5.74, 6) is 0. The van der Waals surface area contributed by atoms with Gasteiger partial charge in [0.2, 0.25) is 0 Å². The van der Waals surface area contributed by atoms with Gasteiger partial charge in [0.05, 0.1) is 17.3 Å². The summed E-state index contributed by atoms with van der Waals surface area (Å²) in [6.45, 7) is 3.15. The molecular weight excluding hydrogens is 224 g/mol. The van der Waals surface area contributed by atoms with Crippen LogP contribution in [0.3, 0.4) is 0 Å². The van der Waals surface area contributed by atoms with Crippen LogP contribution in [-0.4, -0.2) is 41.5 Å². The van der Waals surface area contributed by atoms with E-state index in [2.05, 4.69) is 39.4 Å². The molecule has 18 heavy (non-hydrogen) atoms. The highest BCUT2D eigenvalue weighted by Crippen LogP contribution is 2.25. The van der Waals surface area contributed by atoms with Gasteiger partial charge in [-0.25, -0.2) is 9.97 Å². The zero-order chi connectivity index (χ0) is 12.4. The number of para-hydroxylation sites is 1. The minimum absolute atomic E-state index is 0.334. The van der Waals surface area contributed by atoms with E-state index in [9.17, 15) is 0 Å². The first-order valence-electron chi connectivity index (χ1n) is 6.47. The minimum atomic E-state index is 0.334. The molecule has 1 aromatic carbocycles. The van der Waals surface area contributed by atoms with E-state index in [-0.39, 0.29) is 0 Å². The van der Waals surface area contributed by atoms with Gasteiger partial charge in [-0.2, -0.15) is 0 Å². The van der Waals surface area contributed by atoms with Crippen LogP contribution < -0.4 is 5.32 Å². The third kappa shape index (κ3) is 2.09. The van der Waals surface area contributed by atoms with Gasteiger partial charge >= 0.3 is 0 Å². The summed E-state index contributed by atoms with van der Waals surface area (Å²) in [5.41, 5.74) is 2.16. The SMILES string of the molecule is CN1CCCNCC1c1ncnc2ccccc12. The number of fused-ring (bicyclic) bond motifs is 1. The molecule has 0 spiro atoms. The molecule has 1 fully saturated rings. The van der Waals surface area contributed by atoms with Crippen molar-refractivity contribution in [3.8, 4) is 0 Å². The number of nitrogens with zero attached hydrogens (tertiary/aromatic N) is 3. The predicted molar refractivity (Wildman–Crippen MR) is 72.4 cm³/mol. The maximum Gasteiger partial charge on any atom is 0.116 e. The van der Waals surface area contributed by atoms with Gasteiger partial charge in [-0.1, -0.05) is 18.2 Å². The monoisotopic (exact) mass is 242 g/mol. The van der Waals surface area contributed by atoms with Gasteiger partial charge in [0.15, 0.2) is 0 Å². The summed E-state index contributed by atoms with van der Waals surface area (Å²) in [6.07, 6.45) is 2.87.